The first-order chi connectivity index (χ1) is 12.6. The van der Waals surface area contributed by atoms with Crippen molar-refractivity contribution in [3.05, 3.63) is 52.4 Å². The number of furan rings is 1. The monoisotopic (exact) mass is 384 g/mol. The van der Waals surface area contributed by atoms with Gasteiger partial charge in [-0.25, -0.2) is 4.98 Å². The molecule has 132 valence electrons. The van der Waals surface area contributed by atoms with Crippen LogP contribution in [0.4, 0.5) is 5.13 Å². The first-order valence-corrected chi connectivity index (χ1v) is 9.68. The molecule has 0 fully saturated rings. The van der Waals surface area contributed by atoms with Crippen molar-refractivity contribution in [3.8, 4) is 16.3 Å². The predicted molar refractivity (Wildman–Crippen MR) is 105 cm³/mol. The number of fused-ring (bicyclic) bond motifs is 1. The number of methoxy groups -OCH3 is 1. The molecule has 7 heteroatoms. The zero-order valence-electron chi connectivity index (χ0n) is 14.2. The lowest BCUT2D eigenvalue weighted by molar-refractivity contribution is -0.115. The molecule has 0 radical (unpaired) electrons. The number of nitrogens with one attached hydrogen (secondary N) is 1. The van der Waals surface area contributed by atoms with Gasteiger partial charge < -0.3 is 14.5 Å². The lowest BCUT2D eigenvalue weighted by Crippen LogP contribution is -2.13. The number of benzene rings is 1. The molecule has 0 unspecified atom stereocenters. The lowest BCUT2D eigenvalue weighted by Gasteiger charge is -2.01. The van der Waals surface area contributed by atoms with Crippen molar-refractivity contribution in [2.24, 2.45) is 0 Å². The molecule has 0 bridgehead atoms. The number of nitrogens with zero attached hydrogens (tertiary/aromatic N) is 1. The molecule has 5 nitrogen and oxygen atoms in total. The summed E-state index contributed by atoms with van der Waals surface area (Å²) in [4.78, 5) is 19.2. The van der Waals surface area contributed by atoms with Crippen LogP contribution in [-0.2, 0) is 11.2 Å². The third kappa shape index (κ3) is 3.36. The fourth-order valence-electron chi connectivity index (χ4n) is 2.68. The molecule has 3 aromatic heterocycles. The van der Waals surface area contributed by atoms with E-state index in [1.807, 2.05) is 29.6 Å². The Hall–Kier alpha value is -2.64. The van der Waals surface area contributed by atoms with Crippen molar-refractivity contribution in [1.82, 2.24) is 4.98 Å². The van der Waals surface area contributed by atoms with Crippen LogP contribution in [-0.4, -0.2) is 18.0 Å². The molecule has 4 rings (SSSR count). The van der Waals surface area contributed by atoms with Crippen molar-refractivity contribution < 1.29 is 13.9 Å². The van der Waals surface area contributed by atoms with Crippen LogP contribution in [0.3, 0.4) is 0 Å². The van der Waals surface area contributed by atoms with E-state index in [1.54, 1.807) is 24.7 Å². The van der Waals surface area contributed by atoms with Crippen molar-refractivity contribution in [2.45, 2.75) is 13.3 Å². The van der Waals surface area contributed by atoms with Gasteiger partial charge in [-0.15, -0.1) is 22.7 Å². The molecular formula is C19H16N2O3S2. The Morgan fingerprint density at radius 2 is 2.19 bits per heavy atom. The summed E-state index contributed by atoms with van der Waals surface area (Å²) in [5.41, 5.74) is 2.44. The van der Waals surface area contributed by atoms with Crippen molar-refractivity contribution in [1.29, 1.82) is 0 Å². The average molecular weight is 384 g/mol. The summed E-state index contributed by atoms with van der Waals surface area (Å²) in [7, 11) is 1.61. The maximum Gasteiger partial charge on any atom is 0.230 e. The van der Waals surface area contributed by atoms with E-state index in [0.717, 1.165) is 27.3 Å². The number of rotatable bonds is 5. The Bertz CT molecular complexity index is 1080. The SMILES string of the molecule is COc1ccc2c(CC(=O)Nc3nc(-c4ccc(C)s4)cs3)coc2c1. The minimum absolute atomic E-state index is 0.119. The Morgan fingerprint density at radius 1 is 1.31 bits per heavy atom. The number of carbonyl (C=O) groups is 1. The van der Waals surface area contributed by atoms with Crippen molar-refractivity contribution in [2.75, 3.05) is 12.4 Å². The molecule has 0 saturated carbocycles. The van der Waals surface area contributed by atoms with Gasteiger partial charge in [0.05, 0.1) is 30.4 Å². The molecule has 1 N–H and O–H groups in total. The number of amides is 1. The van der Waals surface area contributed by atoms with Gasteiger partial charge in [-0.3, -0.25) is 4.79 Å². The van der Waals surface area contributed by atoms with Crippen LogP contribution in [0.25, 0.3) is 21.5 Å². The Balaban J connectivity index is 1.47. The van der Waals surface area contributed by atoms with Gasteiger partial charge >= 0.3 is 0 Å². The van der Waals surface area contributed by atoms with Gasteiger partial charge in [0.1, 0.15) is 11.3 Å². The van der Waals surface area contributed by atoms with Crippen LogP contribution in [0.15, 0.2) is 46.4 Å². The van der Waals surface area contributed by atoms with Crippen LogP contribution in [0.1, 0.15) is 10.4 Å². The second kappa shape index (κ2) is 6.93. The fraction of sp³-hybridized carbons (Fsp3) is 0.158. The Labute approximate surface area is 158 Å². The zero-order valence-corrected chi connectivity index (χ0v) is 15.9. The van der Waals surface area contributed by atoms with Crippen LogP contribution < -0.4 is 10.1 Å². The van der Waals surface area contributed by atoms with Gasteiger partial charge in [0.25, 0.3) is 0 Å². The van der Waals surface area contributed by atoms with Gasteiger partial charge in [-0.1, -0.05) is 0 Å². The van der Waals surface area contributed by atoms with Crippen LogP contribution >= 0.6 is 22.7 Å². The number of aryl methyl sites for hydroxylation is 1. The number of aromatic nitrogens is 1. The molecule has 0 spiro atoms. The summed E-state index contributed by atoms with van der Waals surface area (Å²) in [5.74, 6) is 0.605. The van der Waals surface area contributed by atoms with E-state index in [2.05, 4.69) is 23.3 Å². The highest BCUT2D eigenvalue weighted by atomic mass is 32.1. The molecule has 26 heavy (non-hydrogen) atoms. The van der Waals surface area contributed by atoms with E-state index in [1.165, 1.54) is 16.2 Å². The fourth-order valence-corrected chi connectivity index (χ4v) is 4.31. The maximum absolute atomic E-state index is 12.4. The predicted octanol–water partition coefficient (Wildman–Crippen LogP) is 5.12. The molecule has 1 aromatic carbocycles. The molecule has 1 amide bonds. The first-order valence-electron chi connectivity index (χ1n) is 7.98. The number of ether oxygens (including phenoxy) is 1. The minimum atomic E-state index is -0.119. The summed E-state index contributed by atoms with van der Waals surface area (Å²) in [5, 5.41) is 6.34. The third-order valence-corrected chi connectivity index (χ3v) is 5.74. The van der Waals surface area contributed by atoms with E-state index in [0.29, 0.717) is 10.7 Å². The van der Waals surface area contributed by atoms with Crippen molar-refractivity contribution >= 4 is 44.7 Å². The van der Waals surface area contributed by atoms with Gasteiger partial charge in [-0.05, 0) is 31.2 Å². The molecular weight excluding hydrogens is 368 g/mol. The molecule has 0 saturated heterocycles. The highest BCUT2D eigenvalue weighted by molar-refractivity contribution is 7.17. The van der Waals surface area contributed by atoms with E-state index in [9.17, 15) is 4.79 Å². The summed E-state index contributed by atoms with van der Waals surface area (Å²) < 4.78 is 10.7. The van der Waals surface area contributed by atoms with Crippen molar-refractivity contribution in [3.63, 3.8) is 0 Å². The molecule has 0 aliphatic heterocycles. The summed E-state index contributed by atoms with van der Waals surface area (Å²) in [6.45, 7) is 2.06. The Kier molecular flexibility index (Phi) is 4.48. The van der Waals surface area contributed by atoms with Gasteiger partial charge in [0.15, 0.2) is 5.13 Å². The number of thiazole rings is 1. The lowest BCUT2D eigenvalue weighted by atomic mass is 10.1. The summed E-state index contributed by atoms with van der Waals surface area (Å²) in [6.07, 6.45) is 1.84. The molecule has 3 heterocycles. The van der Waals surface area contributed by atoms with Gasteiger partial charge in [0, 0.05) is 27.3 Å². The van der Waals surface area contributed by atoms with Crippen LogP contribution in [0.2, 0.25) is 0 Å². The minimum Gasteiger partial charge on any atom is -0.497 e. The Morgan fingerprint density at radius 3 is 2.96 bits per heavy atom. The summed E-state index contributed by atoms with van der Waals surface area (Å²) in [6, 6.07) is 9.69. The zero-order chi connectivity index (χ0) is 18.1. The number of thiophene rings is 1. The third-order valence-electron chi connectivity index (χ3n) is 3.96. The number of hydrogen-bond acceptors (Lipinski definition) is 6. The molecule has 0 aliphatic carbocycles. The second-order valence-corrected chi connectivity index (χ2v) is 7.94. The first kappa shape index (κ1) is 16.8. The van der Waals surface area contributed by atoms with E-state index in [-0.39, 0.29) is 12.3 Å². The topological polar surface area (TPSA) is 64.4 Å². The van der Waals surface area contributed by atoms with Crippen LogP contribution in [0, 0.1) is 6.92 Å². The van der Waals surface area contributed by atoms with E-state index >= 15 is 0 Å². The smallest absolute Gasteiger partial charge is 0.230 e. The quantitative estimate of drug-likeness (QED) is 0.519. The van der Waals surface area contributed by atoms with Crippen LogP contribution in [0.5, 0.6) is 5.75 Å². The molecule has 0 atom stereocenters. The average Bonchev–Trinajstić information content (AvgIpc) is 3.35. The number of anilines is 1. The standard InChI is InChI=1S/C19H16N2O3S2/c1-11-3-6-17(26-11)15-10-25-19(20-15)21-18(22)7-12-9-24-16-8-13(23-2)4-5-14(12)16/h3-6,8-10H,7H2,1-2H3,(H,20,21,22). The van der Waals surface area contributed by atoms with E-state index < -0.39 is 0 Å². The highest BCUT2D eigenvalue weighted by Gasteiger charge is 2.13. The van der Waals surface area contributed by atoms with Gasteiger partial charge in [0.2, 0.25) is 5.91 Å². The van der Waals surface area contributed by atoms with Gasteiger partial charge in [-0.2, -0.15) is 0 Å². The summed E-state index contributed by atoms with van der Waals surface area (Å²) >= 11 is 3.12. The second-order valence-electron chi connectivity index (χ2n) is 5.80. The normalized spacial score (nSPS) is 11.0. The number of hydrogen-bond donors (Lipinski definition) is 1. The largest absolute Gasteiger partial charge is 0.497 e. The highest BCUT2D eigenvalue weighted by Crippen LogP contribution is 2.31. The maximum atomic E-state index is 12.4. The molecule has 0 aliphatic rings. The van der Waals surface area contributed by atoms with E-state index in [4.69, 9.17) is 9.15 Å². The number of carbonyl (C=O) groups excluding carboxylic acids is 1. The molecule has 4 aromatic rings.